The van der Waals surface area contributed by atoms with E-state index in [0.29, 0.717) is 30.5 Å². The molecular formula is C19H23ClF2N2O2. The molecule has 0 bridgehead atoms. The molecule has 0 saturated heterocycles. The van der Waals surface area contributed by atoms with Crippen molar-refractivity contribution < 1.29 is 18.3 Å². The minimum absolute atomic E-state index is 0. The van der Waals surface area contributed by atoms with Gasteiger partial charge in [0.15, 0.2) is 0 Å². The summed E-state index contributed by atoms with van der Waals surface area (Å²) in [6.45, 7) is -1.07. The number of nitrogens with two attached hydrogens (primary N) is 1. The van der Waals surface area contributed by atoms with Crippen LogP contribution in [0.2, 0.25) is 0 Å². The first-order valence-electron chi connectivity index (χ1n) is 8.11. The molecule has 2 aromatic rings. The molecule has 0 fully saturated rings. The normalized spacial score (nSPS) is 11.6. The minimum atomic E-state index is -2.90. The Hall–Kier alpha value is -2.18. The summed E-state index contributed by atoms with van der Waals surface area (Å²) in [6.07, 6.45) is 1.31. The summed E-state index contributed by atoms with van der Waals surface area (Å²) in [5, 5.41) is 2.77. The first-order valence-corrected chi connectivity index (χ1v) is 8.11. The van der Waals surface area contributed by atoms with Gasteiger partial charge in [0, 0.05) is 30.1 Å². The van der Waals surface area contributed by atoms with E-state index in [2.05, 4.69) is 10.1 Å². The summed E-state index contributed by atoms with van der Waals surface area (Å²) in [5.41, 5.74) is 7.73. The maximum atomic E-state index is 12.6. The lowest BCUT2D eigenvalue weighted by atomic mass is 10.0. The molecule has 0 radical (unpaired) electrons. The van der Waals surface area contributed by atoms with Crippen LogP contribution in [0, 0.1) is 0 Å². The summed E-state index contributed by atoms with van der Waals surface area (Å²) in [5.74, 6) is -0.0575. The molecule has 2 aromatic carbocycles. The number of rotatable bonds is 8. The monoisotopic (exact) mass is 384 g/mol. The molecule has 0 aliphatic rings. The highest BCUT2D eigenvalue weighted by molar-refractivity contribution is 5.90. The zero-order chi connectivity index (χ0) is 18.2. The summed E-state index contributed by atoms with van der Waals surface area (Å²) < 4.78 is 29.8. The Labute approximate surface area is 158 Å². The van der Waals surface area contributed by atoms with Gasteiger partial charge >= 0.3 is 6.61 Å². The van der Waals surface area contributed by atoms with Crippen molar-refractivity contribution in [3.63, 3.8) is 0 Å². The highest BCUT2D eigenvalue weighted by Crippen LogP contribution is 2.27. The Balaban J connectivity index is 0.00000338. The van der Waals surface area contributed by atoms with Gasteiger partial charge in [-0.05, 0) is 37.1 Å². The Bertz CT molecular complexity index is 697. The van der Waals surface area contributed by atoms with Gasteiger partial charge in [-0.25, -0.2) is 0 Å². The number of carbonyl (C=O) groups excluding carboxylic acids is 1. The smallest absolute Gasteiger partial charge is 0.387 e. The fraction of sp³-hybridized carbons (Fsp3) is 0.316. The Morgan fingerprint density at radius 3 is 2.50 bits per heavy atom. The van der Waals surface area contributed by atoms with Gasteiger partial charge in [0.1, 0.15) is 5.75 Å². The SMILES string of the molecule is CC(N)CCC(=O)Nc1ccc(OC(F)F)c(Cc2ccccc2)c1.Cl. The highest BCUT2D eigenvalue weighted by atomic mass is 35.5. The van der Waals surface area contributed by atoms with Gasteiger partial charge in [0.25, 0.3) is 0 Å². The summed E-state index contributed by atoms with van der Waals surface area (Å²) in [6, 6.07) is 14.1. The molecule has 0 saturated carbocycles. The van der Waals surface area contributed by atoms with Crippen LogP contribution >= 0.6 is 12.4 Å². The van der Waals surface area contributed by atoms with Gasteiger partial charge in [-0.3, -0.25) is 4.79 Å². The van der Waals surface area contributed by atoms with Crippen LogP contribution in [0.4, 0.5) is 14.5 Å². The second-order valence-electron chi connectivity index (χ2n) is 5.93. The molecule has 26 heavy (non-hydrogen) atoms. The molecule has 4 nitrogen and oxygen atoms in total. The molecule has 2 rings (SSSR count). The predicted octanol–water partition coefficient (Wildman–Crippen LogP) is 4.37. The van der Waals surface area contributed by atoms with E-state index in [1.165, 1.54) is 6.07 Å². The number of nitrogens with one attached hydrogen (secondary N) is 1. The number of hydrogen-bond donors (Lipinski definition) is 2. The van der Waals surface area contributed by atoms with Crippen molar-refractivity contribution in [2.45, 2.75) is 38.8 Å². The van der Waals surface area contributed by atoms with Gasteiger partial charge in [-0.15, -0.1) is 12.4 Å². The molecule has 7 heteroatoms. The van der Waals surface area contributed by atoms with Crippen LogP contribution in [0.5, 0.6) is 5.75 Å². The number of benzene rings is 2. The van der Waals surface area contributed by atoms with E-state index in [-0.39, 0.29) is 30.1 Å². The van der Waals surface area contributed by atoms with Gasteiger partial charge < -0.3 is 15.8 Å². The highest BCUT2D eigenvalue weighted by Gasteiger charge is 2.12. The molecule has 0 aliphatic carbocycles. The third-order valence-electron chi connectivity index (χ3n) is 3.62. The molecule has 3 N–H and O–H groups in total. The zero-order valence-electron chi connectivity index (χ0n) is 14.5. The standard InChI is InChI=1S/C19H22F2N2O2.ClH/c1-13(22)7-10-18(24)23-16-8-9-17(25-19(20)21)15(12-16)11-14-5-3-2-4-6-14;/h2-6,8-9,12-13,19H,7,10-11,22H2,1H3,(H,23,24);1H. The van der Waals surface area contributed by atoms with Crippen LogP contribution in [0.1, 0.15) is 30.9 Å². The van der Waals surface area contributed by atoms with Crippen LogP contribution < -0.4 is 15.8 Å². The van der Waals surface area contributed by atoms with Crippen molar-refractivity contribution in [2.24, 2.45) is 5.73 Å². The van der Waals surface area contributed by atoms with E-state index in [0.717, 1.165) is 5.56 Å². The first kappa shape index (κ1) is 21.9. The summed E-state index contributed by atoms with van der Waals surface area (Å²) >= 11 is 0. The largest absolute Gasteiger partial charge is 0.435 e. The van der Waals surface area contributed by atoms with E-state index in [1.54, 1.807) is 12.1 Å². The molecule has 0 spiro atoms. The zero-order valence-corrected chi connectivity index (χ0v) is 15.3. The van der Waals surface area contributed by atoms with E-state index in [1.807, 2.05) is 37.3 Å². The van der Waals surface area contributed by atoms with E-state index >= 15 is 0 Å². The predicted molar refractivity (Wildman–Crippen MR) is 101 cm³/mol. The third kappa shape index (κ3) is 7.37. The van der Waals surface area contributed by atoms with Crippen LogP contribution in [0.25, 0.3) is 0 Å². The van der Waals surface area contributed by atoms with Gasteiger partial charge in [0.05, 0.1) is 0 Å². The van der Waals surface area contributed by atoms with Crippen LogP contribution in [0.3, 0.4) is 0 Å². The fourth-order valence-corrected chi connectivity index (χ4v) is 2.40. The van der Waals surface area contributed by atoms with Gasteiger partial charge in [0.2, 0.25) is 5.91 Å². The number of halogens is 3. The lowest BCUT2D eigenvalue weighted by Crippen LogP contribution is -2.19. The number of amides is 1. The topological polar surface area (TPSA) is 64.4 Å². The Kier molecular flexibility index (Phi) is 9.02. The molecule has 0 heterocycles. The first-order chi connectivity index (χ1) is 11.9. The van der Waals surface area contributed by atoms with Crippen molar-refractivity contribution in [3.8, 4) is 5.75 Å². The maximum absolute atomic E-state index is 12.6. The minimum Gasteiger partial charge on any atom is -0.435 e. The molecule has 1 amide bonds. The van der Waals surface area contributed by atoms with Gasteiger partial charge in [-0.1, -0.05) is 30.3 Å². The average molecular weight is 385 g/mol. The molecule has 0 aromatic heterocycles. The third-order valence-corrected chi connectivity index (χ3v) is 3.62. The molecule has 1 atom stereocenters. The van der Waals surface area contributed by atoms with Gasteiger partial charge in [-0.2, -0.15) is 8.78 Å². The number of hydrogen-bond acceptors (Lipinski definition) is 3. The lowest BCUT2D eigenvalue weighted by Gasteiger charge is -2.14. The number of alkyl halides is 2. The number of anilines is 1. The maximum Gasteiger partial charge on any atom is 0.387 e. The molecule has 0 aliphatic heterocycles. The van der Waals surface area contributed by atoms with Crippen molar-refractivity contribution in [1.82, 2.24) is 0 Å². The van der Waals surface area contributed by atoms with Crippen LogP contribution in [-0.4, -0.2) is 18.6 Å². The second-order valence-corrected chi connectivity index (χ2v) is 5.93. The quantitative estimate of drug-likeness (QED) is 0.710. The van der Waals surface area contributed by atoms with Crippen LogP contribution in [0.15, 0.2) is 48.5 Å². The summed E-state index contributed by atoms with van der Waals surface area (Å²) in [4.78, 5) is 11.9. The van der Waals surface area contributed by atoms with E-state index < -0.39 is 6.61 Å². The molecule has 1 unspecified atom stereocenters. The Morgan fingerprint density at radius 2 is 1.88 bits per heavy atom. The van der Waals surface area contributed by atoms with E-state index in [4.69, 9.17) is 5.73 Å². The summed E-state index contributed by atoms with van der Waals surface area (Å²) in [7, 11) is 0. The lowest BCUT2D eigenvalue weighted by molar-refractivity contribution is -0.116. The Morgan fingerprint density at radius 1 is 1.19 bits per heavy atom. The van der Waals surface area contributed by atoms with E-state index in [9.17, 15) is 13.6 Å². The fourth-order valence-electron chi connectivity index (χ4n) is 2.40. The van der Waals surface area contributed by atoms with Crippen molar-refractivity contribution in [3.05, 3.63) is 59.7 Å². The van der Waals surface area contributed by atoms with Crippen molar-refractivity contribution >= 4 is 24.0 Å². The molecule has 142 valence electrons. The number of carbonyl (C=O) groups is 1. The van der Waals surface area contributed by atoms with Crippen molar-refractivity contribution in [2.75, 3.05) is 5.32 Å². The number of ether oxygens (including phenoxy) is 1. The second kappa shape index (κ2) is 10.7. The molecular weight excluding hydrogens is 362 g/mol. The van der Waals surface area contributed by atoms with Crippen molar-refractivity contribution in [1.29, 1.82) is 0 Å². The average Bonchev–Trinajstić information content (AvgIpc) is 2.56. The van der Waals surface area contributed by atoms with Crippen LogP contribution in [-0.2, 0) is 11.2 Å².